The zero-order valence-electron chi connectivity index (χ0n) is 7.51. The summed E-state index contributed by atoms with van der Waals surface area (Å²) < 4.78 is 0. The fourth-order valence-corrected chi connectivity index (χ4v) is 1.99. The van der Waals surface area contributed by atoms with Gasteiger partial charge in [0.15, 0.2) is 0 Å². The van der Waals surface area contributed by atoms with Crippen LogP contribution in [0.3, 0.4) is 0 Å². The Morgan fingerprint density at radius 3 is 2.09 bits per heavy atom. The maximum Gasteiger partial charge on any atom is 0.0543 e. The number of aliphatic hydroxyl groups excluding tert-OH is 1. The lowest BCUT2D eigenvalue weighted by Crippen LogP contribution is -2.46. The van der Waals surface area contributed by atoms with Gasteiger partial charge in [0.25, 0.3) is 0 Å². The van der Waals surface area contributed by atoms with Crippen LogP contribution >= 0.6 is 0 Å². The molecule has 1 saturated carbocycles. The zero-order valence-corrected chi connectivity index (χ0v) is 7.51. The molecular weight excluding hydrogens is 138 g/mol. The first-order valence-electron chi connectivity index (χ1n) is 4.50. The predicted molar refractivity (Wildman–Crippen MR) is 46.2 cm³/mol. The molecular formula is C9H19NO. The molecule has 1 aliphatic carbocycles. The van der Waals surface area contributed by atoms with Gasteiger partial charge in [-0.25, -0.2) is 0 Å². The molecule has 1 rings (SSSR count). The van der Waals surface area contributed by atoms with E-state index in [0.29, 0.717) is 5.92 Å². The van der Waals surface area contributed by atoms with Gasteiger partial charge in [-0.1, -0.05) is 13.3 Å². The number of hydrogen-bond acceptors (Lipinski definition) is 2. The molecule has 2 nitrogen and oxygen atoms in total. The Balaban J connectivity index is 2.54. The van der Waals surface area contributed by atoms with Crippen molar-refractivity contribution in [1.82, 2.24) is 0 Å². The number of aliphatic hydroxyl groups is 1. The summed E-state index contributed by atoms with van der Waals surface area (Å²) >= 11 is 0. The standard InChI is InChI=1S/C9H19NO/c1-7(8(2)11)9(6-10)4-3-5-9/h7-8,11H,3-6,10H2,1-2H3. The summed E-state index contributed by atoms with van der Waals surface area (Å²) in [6.07, 6.45) is 3.48. The smallest absolute Gasteiger partial charge is 0.0543 e. The van der Waals surface area contributed by atoms with E-state index in [2.05, 4.69) is 6.92 Å². The van der Waals surface area contributed by atoms with Crippen LogP contribution in [0.1, 0.15) is 33.1 Å². The van der Waals surface area contributed by atoms with Crippen LogP contribution in [0.25, 0.3) is 0 Å². The van der Waals surface area contributed by atoms with E-state index in [1.807, 2.05) is 6.92 Å². The summed E-state index contributed by atoms with van der Waals surface area (Å²) in [4.78, 5) is 0. The Hall–Kier alpha value is -0.0800. The molecule has 0 aromatic carbocycles. The molecule has 2 unspecified atom stereocenters. The van der Waals surface area contributed by atoms with Gasteiger partial charge in [-0.2, -0.15) is 0 Å². The van der Waals surface area contributed by atoms with E-state index in [0.717, 1.165) is 6.54 Å². The van der Waals surface area contributed by atoms with Crippen LogP contribution in [0, 0.1) is 11.3 Å². The third-order valence-corrected chi connectivity index (χ3v) is 3.45. The summed E-state index contributed by atoms with van der Waals surface area (Å²) in [6.45, 7) is 4.70. The summed E-state index contributed by atoms with van der Waals surface area (Å²) in [7, 11) is 0. The van der Waals surface area contributed by atoms with Crippen molar-refractivity contribution < 1.29 is 5.11 Å². The van der Waals surface area contributed by atoms with Crippen LogP contribution in [0.15, 0.2) is 0 Å². The van der Waals surface area contributed by atoms with Gasteiger partial charge in [0.2, 0.25) is 0 Å². The molecule has 0 aromatic rings. The second-order valence-corrected chi connectivity index (χ2v) is 3.95. The van der Waals surface area contributed by atoms with Crippen molar-refractivity contribution in [3.05, 3.63) is 0 Å². The highest BCUT2D eigenvalue weighted by Gasteiger charge is 2.42. The minimum atomic E-state index is -0.209. The second kappa shape index (κ2) is 3.11. The van der Waals surface area contributed by atoms with Gasteiger partial charge in [-0.3, -0.25) is 0 Å². The van der Waals surface area contributed by atoms with Crippen LogP contribution in [-0.2, 0) is 0 Å². The predicted octanol–water partition coefficient (Wildman–Crippen LogP) is 1.13. The van der Waals surface area contributed by atoms with Crippen molar-refractivity contribution in [2.45, 2.75) is 39.2 Å². The summed E-state index contributed by atoms with van der Waals surface area (Å²) in [6, 6.07) is 0. The Morgan fingerprint density at radius 2 is 2.00 bits per heavy atom. The summed E-state index contributed by atoms with van der Waals surface area (Å²) in [5, 5.41) is 9.40. The Labute approximate surface area is 68.8 Å². The first kappa shape index (κ1) is 9.01. The van der Waals surface area contributed by atoms with Crippen LogP contribution in [-0.4, -0.2) is 17.8 Å². The normalized spacial score (nSPS) is 27.3. The van der Waals surface area contributed by atoms with Gasteiger partial charge < -0.3 is 10.8 Å². The average Bonchev–Trinajstić information content (AvgIpc) is 1.86. The average molecular weight is 157 g/mol. The summed E-state index contributed by atoms with van der Waals surface area (Å²) in [5.41, 5.74) is 5.97. The van der Waals surface area contributed by atoms with Gasteiger partial charge in [-0.05, 0) is 37.6 Å². The van der Waals surface area contributed by atoms with E-state index in [4.69, 9.17) is 5.73 Å². The van der Waals surface area contributed by atoms with Crippen LogP contribution < -0.4 is 5.73 Å². The molecule has 1 fully saturated rings. The SMILES string of the molecule is CC(O)C(C)C1(CN)CCC1. The largest absolute Gasteiger partial charge is 0.393 e. The van der Waals surface area contributed by atoms with Gasteiger partial charge in [0.1, 0.15) is 0 Å². The molecule has 3 N–H and O–H groups in total. The maximum absolute atomic E-state index is 9.40. The van der Waals surface area contributed by atoms with Crippen molar-refractivity contribution >= 4 is 0 Å². The van der Waals surface area contributed by atoms with E-state index >= 15 is 0 Å². The Kier molecular flexibility index (Phi) is 2.55. The molecule has 2 atom stereocenters. The molecule has 2 heteroatoms. The zero-order chi connectivity index (χ0) is 8.48. The maximum atomic E-state index is 9.40. The third kappa shape index (κ3) is 1.42. The minimum Gasteiger partial charge on any atom is -0.393 e. The highest BCUT2D eigenvalue weighted by Crippen LogP contribution is 2.47. The number of nitrogens with two attached hydrogens (primary N) is 1. The van der Waals surface area contributed by atoms with Crippen LogP contribution in [0.5, 0.6) is 0 Å². The van der Waals surface area contributed by atoms with Gasteiger partial charge in [-0.15, -0.1) is 0 Å². The monoisotopic (exact) mass is 157 g/mol. The lowest BCUT2D eigenvalue weighted by molar-refractivity contribution is -0.0101. The van der Waals surface area contributed by atoms with Crippen LogP contribution in [0.4, 0.5) is 0 Å². The molecule has 0 amide bonds. The fraction of sp³-hybridized carbons (Fsp3) is 1.00. The Bertz CT molecular complexity index is 124. The topological polar surface area (TPSA) is 46.2 Å². The van der Waals surface area contributed by atoms with Crippen molar-refractivity contribution in [1.29, 1.82) is 0 Å². The Morgan fingerprint density at radius 1 is 1.45 bits per heavy atom. The lowest BCUT2D eigenvalue weighted by atomic mass is 9.60. The highest BCUT2D eigenvalue weighted by atomic mass is 16.3. The van der Waals surface area contributed by atoms with Gasteiger partial charge in [0.05, 0.1) is 6.10 Å². The molecule has 0 spiro atoms. The molecule has 66 valence electrons. The molecule has 0 aromatic heterocycles. The van der Waals surface area contributed by atoms with Crippen molar-refractivity contribution in [2.75, 3.05) is 6.54 Å². The first-order valence-corrected chi connectivity index (χ1v) is 4.50. The van der Waals surface area contributed by atoms with E-state index in [1.54, 1.807) is 0 Å². The van der Waals surface area contributed by atoms with Crippen molar-refractivity contribution in [3.63, 3.8) is 0 Å². The van der Waals surface area contributed by atoms with E-state index < -0.39 is 0 Å². The number of hydrogen-bond donors (Lipinski definition) is 2. The summed E-state index contributed by atoms with van der Waals surface area (Å²) in [5.74, 6) is 0.362. The molecule has 1 aliphatic rings. The second-order valence-electron chi connectivity index (χ2n) is 3.95. The van der Waals surface area contributed by atoms with Gasteiger partial charge in [0, 0.05) is 0 Å². The third-order valence-electron chi connectivity index (χ3n) is 3.45. The molecule has 11 heavy (non-hydrogen) atoms. The molecule has 0 aliphatic heterocycles. The van der Waals surface area contributed by atoms with Crippen LogP contribution in [0.2, 0.25) is 0 Å². The minimum absolute atomic E-state index is 0.209. The van der Waals surface area contributed by atoms with E-state index in [-0.39, 0.29) is 11.5 Å². The van der Waals surface area contributed by atoms with Gasteiger partial charge >= 0.3 is 0 Å². The molecule has 0 radical (unpaired) electrons. The van der Waals surface area contributed by atoms with Crippen molar-refractivity contribution in [2.24, 2.45) is 17.1 Å². The fourth-order valence-electron chi connectivity index (χ4n) is 1.99. The number of rotatable bonds is 3. The van der Waals surface area contributed by atoms with E-state index in [1.165, 1.54) is 19.3 Å². The quantitative estimate of drug-likeness (QED) is 0.645. The first-order chi connectivity index (χ1) is 5.12. The molecule has 0 saturated heterocycles. The van der Waals surface area contributed by atoms with Crippen molar-refractivity contribution in [3.8, 4) is 0 Å². The molecule has 0 heterocycles. The van der Waals surface area contributed by atoms with E-state index in [9.17, 15) is 5.11 Å². The highest BCUT2D eigenvalue weighted by molar-refractivity contribution is 4.94. The lowest BCUT2D eigenvalue weighted by Gasteiger charge is -2.47. The molecule has 0 bridgehead atoms.